The van der Waals surface area contributed by atoms with Gasteiger partial charge in [0.15, 0.2) is 0 Å². The molecule has 3 rings (SSSR count). The number of halogens is 2. The summed E-state index contributed by atoms with van der Waals surface area (Å²) in [5.41, 5.74) is 9.37. The molecule has 0 heterocycles. The molecule has 1 unspecified atom stereocenters. The van der Waals surface area contributed by atoms with Crippen molar-refractivity contribution in [2.75, 3.05) is 0 Å². The summed E-state index contributed by atoms with van der Waals surface area (Å²) >= 11 is 5.71. The van der Waals surface area contributed by atoms with Gasteiger partial charge in [-0.25, -0.2) is 4.39 Å². The highest BCUT2D eigenvalue weighted by molar-refractivity contribution is 6.30. The van der Waals surface area contributed by atoms with E-state index in [-0.39, 0.29) is 11.1 Å². The van der Waals surface area contributed by atoms with E-state index in [1.54, 1.807) is 12.1 Å². The minimum absolute atomic E-state index is 0.129. The van der Waals surface area contributed by atoms with Crippen LogP contribution < -0.4 is 5.73 Å². The maximum absolute atomic E-state index is 13.5. The standard InChI is InChI=1S/C17H17ClFN/c18-15-8-7-14(10-16(15)19)17(20)13-6-2-5-12(9-13)11-3-1-4-11/h2,5-11,17H,1,3-4,20H2. The average Bonchev–Trinajstić information content (AvgIpc) is 2.39. The largest absolute Gasteiger partial charge is 0.320 e. The Morgan fingerprint density at radius 1 is 1.10 bits per heavy atom. The van der Waals surface area contributed by atoms with Gasteiger partial charge in [0.05, 0.1) is 11.1 Å². The van der Waals surface area contributed by atoms with Gasteiger partial charge in [-0.3, -0.25) is 0 Å². The fraction of sp³-hybridized carbons (Fsp3) is 0.294. The highest BCUT2D eigenvalue weighted by atomic mass is 35.5. The summed E-state index contributed by atoms with van der Waals surface area (Å²) in [5.74, 6) is 0.249. The topological polar surface area (TPSA) is 26.0 Å². The average molecular weight is 290 g/mol. The lowest BCUT2D eigenvalue weighted by Crippen LogP contribution is -2.14. The van der Waals surface area contributed by atoms with Crippen LogP contribution in [0.4, 0.5) is 4.39 Å². The molecule has 3 heteroatoms. The monoisotopic (exact) mass is 289 g/mol. The zero-order valence-electron chi connectivity index (χ0n) is 11.2. The van der Waals surface area contributed by atoms with E-state index in [4.69, 9.17) is 17.3 Å². The van der Waals surface area contributed by atoms with E-state index in [9.17, 15) is 4.39 Å². The van der Waals surface area contributed by atoms with Gasteiger partial charge in [0.1, 0.15) is 5.82 Å². The molecule has 0 bridgehead atoms. The molecule has 1 nitrogen and oxygen atoms in total. The molecule has 1 fully saturated rings. The quantitative estimate of drug-likeness (QED) is 0.863. The Bertz CT molecular complexity index is 622. The van der Waals surface area contributed by atoms with Gasteiger partial charge in [0.2, 0.25) is 0 Å². The van der Waals surface area contributed by atoms with Crippen molar-refractivity contribution in [3.05, 3.63) is 70.0 Å². The predicted octanol–water partition coefficient (Wildman–Crippen LogP) is 4.79. The molecule has 0 spiro atoms. The van der Waals surface area contributed by atoms with Crippen LogP contribution in [-0.2, 0) is 0 Å². The fourth-order valence-corrected chi connectivity index (χ4v) is 2.76. The van der Waals surface area contributed by atoms with E-state index >= 15 is 0 Å². The van der Waals surface area contributed by atoms with Crippen molar-refractivity contribution in [3.8, 4) is 0 Å². The van der Waals surface area contributed by atoms with Crippen molar-refractivity contribution in [1.82, 2.24) is 0 Å². The van der Waals surface area contributed by atoms with Gasteiger partial charge < -0.3 is 5.73 Å². The first-order valence-electron chi connectivity index (χ1n) is 6.95. The molecule has 1 saturated carbocycles. The Hall–Kier alpha value is -1.38. The molecule has 1 aliphatic carbocycles. The van der Waals surface area contributed by atoms with Crippen LogP contribution >= 0.6 is 11.6 Å². The molecule has 104 valence electrons. The molecule has 2 N–H and O–H groups in total. The first kappa shape index (κ1) is 13.6. The minimum Gasteiger partial charge on any atom is -0.320 e. The predicted molar refractivity (Wildman–Crippen MR) is 80.5 cm³/mol. The smallest absolute Gasteiger partial charge is 0.142 e. The molecule has 0 aliphatic heterocycles. The van der Waals surface area contributed by atoms with Crippen molar-refractivity contribution in [2.45, 2.75) is 31.2 Å². The zero-order valence-corrected chi connectivity index (χ0v) is 11.9. The van der Waals surface area contributed by atoms with Gasteiger partial charge in [-0.15, -0.1) is 0 Å². The summed E-state index contributed by atoms with van der Waals surface area (Å²) in [4.78, 5) is 0. The summed E-state index contributed by atoms with van der Waals surface area (Å²) in [5, 5.41) is 0.129. The van der Waals surface area contributed by atoms with E-state index in [0.717, 1.165) is 11.1 Å². The summed E-state index contributed by atoms with van der Waals surface area (Å²) in [7, 11) is 0. The third kappa shape index (κ3) is 2.58. The summed E-state index contributed by atoms with van der Waals surface area (Å²) in [6.07, 6.45) is 3.83. The lowest BCUT2D eigenvalue weighted by atomic mass is 9.79. The second kappa shape index (κ2) is 5.55. The molecule has 0 amide bonds. The maximum atomic E-state index is 13.5. The Morgan fingerprint density at radius 3 is 2.50 bits per heavy atom. The summed E-state index contributed by atoms with van der Waals surface area (Å²) < 4.78 is 13.5. The van der Waals surface area contributed by atoms with Crippen LogP contribution in [0.3, 0.4) is 0 Å². The van der Waals surface area contributed by atoms with Crippen molar-refractivity contribution >= 4 is 11.6 Å². The number of rotatable bonds is 3. The van der Waals surface area contributed by atoms with E-state index in [1.165, 1.54) is 30.9 Å². The van der Waals surface area contributed by atoms with Gasteiger partial charge in [-0.2, -0.15) is 0 Å². The minimum atomic E-state index is -0.422. The molecule has 1 atom stereocenters. The molecule has 0 aromatic heterocycles. The second-order valence-corrected chi connectivity index (χ2v) is 5.86. The molecule has 20 heavy (non-hydrogen) atoms. The second-order valence-electron chi connectivity index (χ2n) is 5.45. The summed E-state index contributed by atoms with van der Waals surface area (Å²) in [6.45, 7) is 0. The van der Waals surface area contributed by atoms with Crippen molar-refractivity contribution in [1.29, 1.82) is 0 Å². The third-order valence-electron chi connectivity index (χ3n) is 4.15. The Balaban J connectivity index is 1.89. The zero-order chi connectivity index (χ0) is 14.1. The van der Waals surface area contributed by atoms with Crippen LogP contribution in [0.1, 0.15) is 47.9 Å². The third-order valence-corrected chi connectivity index (χ3v) is 4.46. The molecule has 0 saturated heterocycles. The lowest BCUT2D eigenvalue weighted by molar-refractivity contribution is 0.419. The maximum Gasteiger partial charge on any atom is 0.142 e. The van der Waals surface area contributed by atoms with Crippen molar-refractivity contribution < 1.29 is 4.39 Å². The molecule has 1 aliphatic rings. The van der Waals surface area contributed by atoms with Crippen LogP contribution in [0.25, 0.3) is 0 Å². The first-order chi connectivity index (χ1) is 9.65. The van der Waals surface area contributed by atoms with E-state index in [0.29, 0.717) is 5.92 Å². The highest BCUT2D eigenvalue weighted by Gasteiger charge is 2.20. The number of nitrogens with two attached hydrogens (primary N) is 1. The Morgan fingerprint density at radius 2 is 1.85 bits per heavy atom. The van der Waals surface area contributed by atoms with E-state index in [2.05, 4.69) is 12.1 Å². The van der Waals surface area contributed by atoms with Crippen molar-refractivity contribution in [2.24, 2.45) is 5.73 Å². The number of hydrogen-bond acceptors (Lipinski definition) is 1. The lowest BCUT2D eigenvalue weighted by Gasteiger charge is -2.26. The molecular formula is C17H17ClFN. The first-order valence-corrected chi connectivity index (χ1v) is 7.33. The molecular weight excluding hydrogens is 273 g/mol. The Labute approximate surface area is 123 Å². The normalized spacial score (nSPS) is 16.8. The molecule has 2 aromatic rings. The molecule has 0 radical (unpaired) electrons. The van der Waals surface area contributed by atoms with Crippen LogP contribution in [0.15, 0.2) is 42.5 Å². The van der Waals surface area contributed by atoms with Gasteiger partial charge >= 0.3 is 0 Å². The number of benzene rings is 2. The number of hydrogen-bond donors (Lipinski definition) is 1. The Kier molecular flexibility index (Phi) is 3.77. The highest BCUT2D eigenvalue weighted by Crippen LogP contribution is 2.37. The van der Waals surface area contributed by atoms with Crippen LogP contribution in [0.2, 0.25) is 5.02 Å². The van der Waals surface area contributed by atoms with E-state index in [1.807, 2.05) is 12.1 Å². The van der Waals surface area contributed by atoms with Gasteiger partial charge in [0, 0.05) is 0 Å². The SMILES string of the molecule is NC(c1cccc(C2CCC2)c1)c1ccc(Cl)c(F)c1. The molecule has 2 aromatic carbocycles. The fourth-order valence-electron chi connectivity index (χ4n) is 2.65. The summed E-state index contributed by atoms with van der Waals surface area (Å²) in [6, 6.07) is 12.8. The van der Waals surface area contributed by atoms with Crippen molar-refractivity contribution in [3.63, 3.8) is 0 Å². The van der Waals surface area contributed by atoms with Crippen LogP contribution in [-0.4, -0.2) is 0 Å². The van der Waals surface area contributed by atoms with Gasteiger partial charge in [0.25, 0.3) is 0 Å². The van der Waals surface area contributed by atoms with E-state index < -0.39 is 5.82 Å². The van der Waals surface area contributed by atoms with Crippen LogP contribution in [0, 0.1) is 5.82 Å². The van der Waals surface area contributed by atoms with Gasteiger partial charge in [-0.1, -0.05) is 48.4 Å². The van der Waals surface area contributed by atoms with Gasteiger partial charge in [-0.05, 0) is 47.6 Å². The van der Waals surface area contributed by atoms with Crippen LogP contribution in [0.5, 0.6) is 0 Å².